The van der Waals surface area contributed by atoms with E-state index in [4.69, 9.17) is 27.9 Å². The Morgan fingerprint density at radius 1 is 1.35 bits per heavy atom. The molecule has 1 aromatic heterocycles. The summed E-state index contributed by atoms with van der Waals surface area (Å²) in [5, 5.41) is 4.07. The van der Waals surface area contributed by atoms with Gasteiger partial charge in [0.15, 0.2) is 0 Å². The number of carbonyl (C=O) groups excluding carboxylic acids is 2. The number of amides is 1. The molecule has 1 atom stereocenters. The Labute approximate surface area is 166 Å². The van der Waals surface area contributed by atoms with Gasteiger partial charge in [0.25, 0.3) is 5.91 Å². The van der Waals surface area contributed by atoms with Crippen LogP contribution in [-0.4, -0.2) is 19.0 Å². The van der Waals surface area contributed by atoms with E-state index in [1.807, 2.05) is 0 Å². The second-order valence-corrected chi connectivity index (χ2v) is 8.24. The van der Waals surface area contributed by atoms with Crippen molar-refractivity contribution < 1.29 is 14.3 Å². The molecule has 1 aromatic carbocycles. The highest BCUT2D eigenvalue weighted by Crippen LogP contribution is 2.41. The van der Waals surface area contributed by atoms with Crippen LogP contribution in [0.4, 0.5) is 5.00 Å². The van der Waals surface area contributed by atoms with Crippen molar-refractivity contribution in [1.29, 1.82) is 0 Å². The molecule has 1 N–H and O–H groups in total. The average molecular weight is 412 g/mol. The minimum Gasteiger partial charge on any atom is -0.465 e. The van der Waals surface area contributed by atoms with Gasteiger partial charge in [0, 0.05) is 9.90 Å². The Bertz CT molecular complexity index is 863. The van der Waals surface area contributed by atoms with Gasteiger partial charge in [-0.1, -0.05) is 36.5 Å². The molecule has 3 rings (SSSR count). The Balaban J connectivity index is 1.96. The molecule has 1 heterocycles. The van der Waals surface area contributed by atoms with Crippen molar-refractivity contribution in [2.75, 3.05) is 12.4 Å². The standard InChI is InChI=1S/C19H19Cl2NO3S/c1-3-10-4-6-12-15(8-10)26-18(16(12)19(24)25-2)22-17(23)13-9-11(20)5-7-14(13)21/h5,7,9-10H,3-4,6,8H2,1-2H3,(H,22,23)/t10-/m0/s1. The largest absolute Gasteiger partial charge is 0.465 e. The molecule has 0 radical (unpaired) electrons. The van der Waals surface area contributed by atoms with Gasteiger partial charge in [-0.05, 0) is 48.9 Å². The minimum absolute atomic E-state index is 0.271. The highest BCUT2D eigenvalue weighted by atomic mass is 35.5. The third-order valence-corrected chi connectivity index (χ3v) is 6.47. The van der Waals surface area contributed by atoms with Crippen LogP contribution in [0.1, 0.15) is 50.9 Å². The number of hydrogen-bond donors (Lipinski definition) is 1. The number of rotatable bonds is 4. The molecule has 0 fully saturated rings. The lowest BCUT2D eigenvalue weighted by Gasteiger charge is -2.20. The second-order valence-electron chi connectivity index (χ2n) is 6.29. The number of halogens is 2. The molecule has 0 spiro atoms. The Hall–Kier alpha value is -1.56. The first-order valence-electron chi connectivity index (χ1n) is 8.43. The van der Waals surface area contributed by atoms with Crippen LogP contribution in [0.5, 0.6) is 0 Å². The molecule has 1 amide bonds. The third kappa shape index (κ3) is 3.75. The first kappa shape index (κ1) is 19.2. The number of hydrogen-bond acceptors (Lipinski definition) is 4. The fourth-order valence-corrected chi connectivity index (χ4v) is 4.97. The summed E-state index contributed by atoms with van der Waals surface area (Å²) in [4.78, 5) is 26.2. The Kier molecular flexibility index (Phi) is 5.90. The highest BCUT2D eigenvalue weighted by Gasteiger charge is 2.30. The molecule has 1 aliphatic carbocycles. The number of benzene rings is 1. The van der Waals surface area contributed by atoms with Crippen molar-refractivity contribution in [2.45, 2.75) is 32.6 Å². The second kappa shape index (κ2) is 7.99. The van der Waals surface area contributed by atoms with Crippen molar-refractivity contribution in [3.05, 3.63) is 49.8 Å². The monoisotopic (exact) mass is 411 g/mol. The van der Waals surface area contributed by atoms with Gasteiger partial charge < -0.3 is 10.1 Å². The molecule has 4 nitrogen and oxygen atoms in total. The summed E-state index contributed by atoms with van der Waals surface area (Å²) in [6, 6.07) is 4.71. The lowest BCUT2D eigenvalue weighted by Crippen LogP contribution is -2.16. The molecule has 0 saturated heterocycles. The van der Waals surface area contributed by atoms with E-state index in [2.05, 4.69) is 12.2 Å². The lowest BCUT2D eigenvalue weighted by atomic mass is 9.85. The zero-order valence-electron chi connectivity index (χ0n) is 14.5. The molecule has 7 heteroatoms. The minimum atomic E-state index is -0.426. The van der Waals surface area contributed by atoms with Crippen LogP contribution in [0.25, 0.3) is 0 Å². The van der Waals surface area contributed by atoms with E-state index in [1.54, 1.807) is 12.1 Å². The average Bonchev–Trinajstić information content (AvgIpc) is 2.99. The molecule has 0 unspecified atom stereocenters. The van der Waals surface area contributed by atoms with Gasteiger partial charge >= 0.3 is 5.97 Å². The maximum atomic E-state index is 12.7. The maximum absolute atomic E-state index is 12.7. The summed E-state index contributed by atoms with van der Waals surface area (Å²) in [5.74, 6) is -0.212. The van der Waals surface area contributed by atoms with Gasteiger partial charge in [-0.25, -0.2) is 4.79 Å². The van der Waals surface area contributed by atoms with Gasteiger partial charge in [0.05, 0.1) is 23.3 Å². The molecule has 0 saturated carbocycles. The van der Waals surface area contributed by atoms with Crippen LogP contribution in [0.3, 0.4) is 0 Å². The van der Waals surface area contributed by atoms with Crippen LogP contribution in [0, 0.1) is 5.92 Å². The summed E-state index contributed by atoms with van der Waals surface area (Å²) in [5.41, 5.74) is 1.74. The van der Waals surface area contributed by atoms with E-state index in [1.165, 1.54) is 24.5 Å². The highest BCUT2D eigenvalue weighted by molar-refractivity contribution is 7.17. The van der Waals surface area contributed by atoms with E-state index in [9.17, 15) is 9.59 Å². The maximum Gasteiger partial charge on any atom is 0.341 e. The van der Waals surface area contributed by atoms with Crippen LogP contribution in [-0.2, 0) is 17.6 Å². The number of carbonyl (C=O) groups is 2. The van der Waals surface area contributed by atoms with Crippen LogP contribution in [0.2, 0.25) is 10.0 Å². The number of esters is 1. The molecule has 2 aromatic rings. The van der Waals surface area contributed by atoms with E-state index >= 15 is 0 Å². The summed E-state index contributed by atoms with van der Waals surface area (Å²) >= 11 is 13.5. The zero-order chi connectivity index (χ0) is 18.8. The predicted molar refractivity (Wildman–Crippen MR) is 106 cm³/mol. The topological polar surface area (TPSA) is 55.4 Å². The smallest absolute Gasteiger partial charge is 0.341 e. The van der Waals surface area contributed by atoms with Gasteiger partial charge in [0.2, 0.25) is 0 Å². The fourth-order valence-electron chi connectivity index (χ4n) is 3.25. The summed E-state index contributed by atoms with van der Waals surface area (Å²) in [6.07, 6.45) is 3.89. The summed E-state index contributed by atoms with van der Waals surface area (Å²) in [7, 11) is 1.35. The quantitative estimate of drug-likeness (QED) is 0.665. The first-order chi connectivity index (χ1) is 12.4. The van der Waals surface area contributed by atoms with Gasteiger partial charge in [-0.3, -0.25) is 4.79 Å². The van der Waals surface area contributed by atoms with Gasteiger partial charge in [-0.15, -0.1) is 11.3 Å². The summed E-state index contributed by atoms with van der Waals surface area (Å²) in [6.45, 7) is 2.17. The lowest BCUT2D eigenvalue weighted by molar-refractivity contribution is 0.0601. The van der Waals surface area contributed by atoms with E-state index < -0.39 is 11.9 Å². The fraction of sp³-hybridized carbons (Fsp3) is 0.368. The molecule has 0 bridgehead atoms. The van der Waals surface area contributed by atoms with Crippen molar-refractivity contribution in [2.24, 2.45) is 5.92 Å². The SMILES string of the molecule is CC[C@H]1CCc2c(sc(NC(=O)c3cc(Cl)ccc3Cl)c2C(=O)OC)C1. The number of ether oxygens (including phenoxy) is 1. The van der Waals surface area contributed by atoms with Crippen molar-refractivity contribution >= 4 is 51.4 Å². The van der Waals surface area contributed by atoms with Crippen molar-refractivity contribution in [3.63, 3.8) is 0 Å². The zero-order valence-corrected chi connectivity index (χ0v) is 16.9. The third-order valence-electron chi connectivity index (χ3n) is 4.73. The number of thiophene rings is 1. The predicted octanol–water partition coefficient (Wildman–Crippen LogP) is 5.61. The van der Waals surface area contributed by atoms with E-state index in [-0.39, 0.29) is 5.56 Å². The Morgan fingerprint density at radius 3 is 2.81 bits per heavy atom. The number of fused-ring (bicyclic) bond motifs is 1. The number of anilines is 1. The normalized spacial score (nSPS) is 16.1. The van der Waals surface area contributed by atoms with E-state index in [0.717, 1.165) is 36.1 Å². The van der Waals surface area contributed by atoms with Gasteiger partial charge in [-0.2, -0.15) is 0 Å². The molecule has 0 aliphatic heterocycles. The number of methoxy groups -OCH3 is 1. The van der Waals surface area contributed by atoms with Gasteiger partial charge in [0.1, 0.15) is 5.00 Å². The summed E-state index contributed by atoms with van der Waals surface area (Å²) < 4.78 is 4.95. The molecule has 1 aliphatic rings. The number of nitrogens with one attached hydrogen (secondary N) is 1. The first-order valence-corrected chi connectivity index (χ1v) is 10.0. The molecule has 138 valence electrons. The van der Waals surface area contributed by atoms with Crippen molar-refractivity contribution in [1.82, 2.24) is 0 Å². The van der Waals surface area contributed by atoms with Crippen LogP contribution >= 0.6 is 34.5 Å². The van der Waals surface area contributed by atoms with E-state index in [0.29, 0.717) is 26.5 Å². The Morgan fingerprint density at radius 2 is 2.12 bits per heavy atom. The molecular weight excluding hydrogens is 393 g/mol. The van der Waals surface area contributed by atoms with Crippen LogP contribution < -0.4 is 5.32 Å². The molecule has 26 heavy (non-hydrogen) atoms. The molecular formula is C19H19Cl2NO3S. The van der Waals surface area contributed by atoms with Crippen LogP contribution in [0.15, 0.2) is 18.2 Å². The van der Waals surface area contributed by atoms with Crippen molar-refractivity contribution in [3.8, 4) is 0 Å².